The molecule has 1 amide bonds. The molecule has 0 bridgehead atoms. The Morgan fingerprint density at radius 1 is 1.30 bits per heavy atom. The number of rotatable bonds is 6. The van der Waals surface area contributed by atoms with Crippen molar-refractivity contribution in [2.24, 2.45) is 0 Å². The SMILES string of the molecule is C=C1NN(CCCOc2ccc(OC)cc2)C(=O)C(C#N)=C1C. The zero-order chi connectivity index (χ0) is 16.8. The van der Waals surface area contributed by atoms with Crippen molar-refractivity contribution >= 4 is 5.91 Å². The van der Waals surface area contributed by atoms with Gasteiger partial charge in [-0.05, 0) is 36.8 Å². The molecule has 1 aromatic rings. The van der Waals surface area contributed by atoms with Crippen molar-refractivity contribution in [3.05, 3.63) is 47.7 Å². The van der Waals surface area contributed by atoms with Gasteiger partial charge in [-0.2, -0.15) is 5.26 Å². The average Bonchev–Trinajstić information content (AvgIpc) is 2.57. The Balaban J connectivity index is 1.83. The van der Waals surface area contributed by atoms with Crippen LogP contribution in [0.1, 0.15) is 13.3 Å². The summed E-state index contributed by atoms with van der Waals surface area (Å²) in [6.07, 6.45) is 0.621. The molecule has 6 heteroatoms. The van der Waals surface area contributed by atoms with E-state index < -0.39 is 0 Å². The van der Waals surface area contributed by atoms with Gasteiger partial charge in [0.15, 0.2) is 0 Å². The summed E-state index contributed by atoms with van der Waals surface area (Å²) in [5.74, 6) is 1.17. The summed E-state index contributed by atoms with van der Waals surface area (Å²) in [5, 5.41) is 10.5. The molecule has 0 aromatic heterocycles. The average molecular weight is 313 g/mol. The molecule has 1 aliphatic rings. The Labute approximate surface area is 135 Å². The van der Waals surface area contributed by atoms with Crippen molar-refractivity contribution < 1.29 is 14.3 Å². The number of hydrogen-bond acceptors (Lipinski definition) is 5. The number of carbonyl (C=O) groups is 1. The molecule has 1 aromatic carbocycles. The number of nitrogens with zero attached hydrogens (tertiary/aromatic N) is 2. The molecule has 0 saturated carbocycles. The monoisotopic (exact) mass is 313 g/mol. The first-order valence-corrected chi connectivity index (χ1v) is 7.22. The van der Waals surface area contributed by atoms with Crippen molar-refractivity contribution in [3.8, 4) is 17.6 Å². The number of hydrazine groups is 1. The maximum Gasteiger partial charge on any atom is 0.283 e. The fourth-order valence-electron chi connectivity index (χ4n) is 2.12. The van der Waals surface area contributed by atoms with Gasteiger partial charge in [0.25, 0.3) is 5.91 Å². The topological polar surface area (TPSA) is 74.6 Å². The maximum atomic E-state index is 12.1. The highest BCUT2D eigenvalue weighted by molar-refractivity contribution is 5.99. The van der Waals surface area contributed by atoms with E-state index in [2.05, 4.69) is 12.0 Å². The van der Waals surface area contributed by atoms with Gasteiger partial charge in [-0.25, -0.2) is 0 Å². The van der Waals surface area contributed by atoms with Crippen LogP contribution in [0, 0.1) is 11.3 Å². The summed E-state index contributed by atoms with van der Waals surface area (Å²) in [7, 11) is 1.61. The van der Waals surface area contributed by atoms with Crippen molar-refractivity contribution in [1.82, 2.24) is 10.4 Å². The molecule has 23 heavy (non-hydrogen) atoms. The van der Waals surface area contributed by atoms with Gasteiger partial charge in [0.2, 0.25) is 0 Å². The van der Waals surface area contributed by atoms with Crippen LogP contribution in [0.4, 0.5) is 0 Å². The standard InChI is InChI=1S/C17H19N3O3/c1-12-13(2)19-20(17(21)16(12)11-18)9-4-10-23-15-7-5-14(22-3)6-8-15/h5-8,19H,2,4,9-10H2,1,3H3. The molecule has 120 valence electrons. The van der Waals surface area contributed by atoms with Crippen LogP contribution >= 0.6 is 0 Å². The lowest BCUT2D eigenvalue weighted by atomic mass is 10.1. The normalized spacial score (nSPS) is 14.4. The fourth-order valence-corrected chi connectivity index (χ4v) is 2.12. The summed E-state index contributed by atoms with van der Waals surface area (Å²) in [6.45, 7) is 6.39. The van der Waals surface area contributed by atoms with Crippen LogP contribution < -0.4 is 14.9 Å². The van der Waals surface area contributed by atoms with E-state index in [0.717, 1.165) is 11.5 Å². The van der Waals surface area contributed by atoms with Gasteiger partial charge in [-0.3, -0.25) is 15.2 Å². The summed E-state index contributed by atoms with van der Waals surface area (Å²) < 4.78 is 10.7. The lowest BCUT2D eigenvalue weighted by molar-refractivity contribution is -0.129. The molecular weight excluding hydrogens is 294 g/mol. The zero-order valence-corrected chi connectivity index (χ0v) is 13.3. The molecule has 0 radical (unpaired) electrons. The molecule has 0 atom stereocenters. The second-order valence-corrected chi connectivity index (χ2v) is 5.04. The minimum absolute atomic E-state index is 0.129. The summed E-state index contributed by atoms with van der Waals surface area (Å²) in [5.41, 5.74) is 4.18. The maximum absolute atomic E-state index is 12.1. The number of amides is 1. The minimum Gasteiger partial charge on any atom is -0.497 e. The molecule has 2 rings (SSSR count). The van der Waals surface area contributed by atoms with Crippen LogP contribution in [-0.4, -0.2) is 31.2 Å². The lowest BCUT2D eigenvalue weighted by Gasteiger charge is -2.30. The van der Waals surface area contributed by atoms with E-state index in [1.165, 1.54) is 5.01 Å². The number of allylic oxidation sites excluding steroid dienone is 1. The van der Waals surface area contributed by atoms with Crippen molar-refractivity contribution in [2.75, 3.05) is 20.3 Å². The van der Waals surface area contributed by atoms with E-state index in [1.807, 2.05) is 30.3 Å². The third kappa shape index (κ3) is 3.83. The highest BCUT2D eigenvalue weighted by atomic mass is 16.5. The van der Waals surface area contributed by atoms with E-state index in [0.29, 0.717) is 30.8 Å². The Morgan fingerprint density at radius 3 is 2.57 bits per heavy atom. The van der Waals surface area contributed by atoms with Gasteiger partial charge in [0.1, 0.15) is 23.1 Å². The van der Waals surface area contributed by atoms with E-state index in [4.69, 9.17) is 14.7 Å². The number of methoxy groups -OCH3 is 1. The van der Waals surface area contributed by atoms with E-state index in [1.54, 1.807) is 14.0 Å². The third-order valence-electron chi connectivity index (χ3n) is 3.52. The van der Waals surface area contributed by atoms with Gasteiger partial charge in [0.05, 0.1) is 19.4 Å². The second-order valence-electron chi connectivity index (χ2n) is 5.04. The highest BCUT2D eigenvalue weighted by Crippen LogP contribution is 2.19. The lowest BCUT2D eigenvalue weighted by Crippen LogP contribution is -2.47. The van der Waals surface area contributed by atoms with Gasteiger partial charge >= 0.3 is 0 Å². The fraction of sp³-hybridized carbons (Fsp3) is 0.294. The van der Waals surface area contributed by atoms with Crippen molar-refractivity contribution in [3.63, 3.8) is 0 Å². The van der Waals surface area contributed by atoms with E-state index in [-0.39, 0.29) is 11.5 Å². The summed E-state index contributed by atoms with van der Waals surface area (Å²) in [4.78, 5) is 12.1. The van der Waals surface area contributed by atoms with E-state index >= 15 is 0 Å². The highest BCUT2D eigenvalue weighted by Gasteiger charge is 2.26. The summed E-state index contributed by atoms with van der Waals surface area (Å²) >= 11 is 0. The largest absolute Gasteiger partial charge is 0.497 e. The number of carbonyl (C=O) groups excluding carboxylic acids is 1. The molecular formula is C17H19N3O3. The van der Waals surface area contributed by atoms with Crippen molar-refractivity contribution in [2.45, 2.75) is 13.3 Å². The molecule has 0 spiro atoms. The molecule has 0 unspecified atom stereocenters. The number of hydrogen-bond donors (Lipinski definition) is 1. The molecule has 0 aliphatic carbocycles. The van der Waals surface area contributed by atoms with Crippen molar-refractivity contribution in [1.29, 1.82) is 5.26 Å². The van der Waals surface area contributed by atoms with E-state index in [9.17, 15) is 4.79 Å². The second kappa shape index (κ2) is 7.36. The Bertz CT molecular complexity index is 671. The molecule has 1 aliphatic heterocycles. The first-order chi connectivity index (χ1) is 11.1. The van der Waals surface area contributed by atoms with Crippen LogP contribution in [0.3, 0.4) is 0 Å². The number of benzene rings is 1. The van der Waals surface area contributed by atoms with Gasteiger partial charge in [-0.1, -0.05) is 6.58 Å². The molecule has 6 nitrogen and oxygen atoms in total. The van der Waals surface area contributed by atoms with Crippen LogP contribution in [0.2, 0.25) is 0 Å². The molecule has 1 heterocycles. The van der Waals surface area contributed by atoms with Gasteiger partial charge in [-0.15, -0.1) is 0 Å². The Kier molecular flexibility index (Phi) is 5.26. The van der Waals surface area contributed by atoms with Crippen LogP contribution in [0.15, 0.2) is 47.7 Å². The Hall–Kier alpha value is -2.94. The summed E-state index contributed by atoms with van der Waals surface area (Å²) in [6, 6.07) is 9.23. The van der Waals surface area contributed by atoms with Crippen LogP contribution in [0.5, 0.6) is 11.5 Å². The van der Waals surface area contributed by atoms with Crippen LogP contribution in [-0.2, 0) is 4.79 Å². The van der Waals surface area contributed by atoms with Crippen LogP contribution in [0.25, 0.3) is 0 Å². The first-order valence-electron chi connectivity index (χ1n) is 7.22. The predicted octanol–water partition coefficient (Wildman–Crippen LogP) is 2.16. The Morgan fingerprint density at radius 2 is 1.96 bits per heavy atom. The predicted molar refractivity (Wildman–Crippen MR) is 85.4 cm³/mol. The first kappa shape index (κ1) is 16.4. The third-order valence-corrected chi connectivity index (χ3v) is 3.52. The molecule has 1 N–H and O–H groups in total. The van der Waals surface area contributed by atoms with Gasteiger partial charge < -0.3 is 9.47 Å². The number of nitriles is 1. The number of ether oxygens (including phenoxy) is 2. The molecule has 0 fully saturated rings. The molecule has 0 saturated heterocycles. The number of nitrogens with one attached hydrogen (secondary N) is 1. The quantitative estimate of drug-likeness (QED) is 0.815. The minimum atomic E-state index is -0.332. The van der Waals surface area contributed by atoms with Gasteiger partial charge in [0, 0.05) is 13.0 Å². The zero-order valence-electron chi connectivity index (χ0n) is 13.3. The smallest absolute Gasteiger partial charge is 0.283 e.